The summed E-state index contributed by atoms with van der Waals surface area (Å²) in [4.78, 5) is 2.33. The fourth-order valence-electron chi connectivity index (χ4n) is 2.68. The van der Waals surface area contributed by atoms with Crippen molar-refractivity contribution in [3.63, 3.8) is 0 Å². The quantitative estimate of drug-likeness (QED) is 0.768. The van der Waals surface area contributed by atoms with Crippen molar-refractivity contribution < 1.29 is 13.2 Å². The van der Waals surface area contributed by atoms with Gasteiger partial charge in [-0.25, -0.2) is 0 Å². The number of alkyl halides is 3. The van der Waals surface area contributed by atoms with Crippen molar-refractivity contribution in [2.45, 2.75) is 19.1 Å². The maximum absolute atomic E-state index is 12.4. The maximum atomic E-state index is 12.4. The average molecular weight is 241 g/mol. The highest BCUT2D eigenvalue weighted by Crippen LogP contribution is 2.45. The van der Waals surface area contributed by atoms with Gasteiger partial charge in [0.05, 0.1) is 5.56 Å². The van der Waals surface area contributed by atoms with E-state index in [2.05, 4.69) is 4.90 Å². The van der Waals surface area contributed by atoms with Gasteiger partial charge in [-0.15, -0.1) is 0 Å². The molecular formula is C13H14F3N. The van der Waals surface area contributed by atoms with Crippen LogP contribution in [0.25, 0.3) is 0 Å². The molecule has 1 aliphatic carbocycles. The Morgan fingerprint density at radius 1 is 1.06 bits per heavy atom. The molecule has 2 fully saturated rings. The minimum absolute atomic E-state index is 0.564. The molecule has 1 saturated carbocycles. The van der Waals surface area contributed by atoms with Crippen LogP contribution in [0, 0.1) is 11.8 Å². The zero-order valence-corrected chi connectivity index (χ0v) is 9.37. The first-order valence-electron chi connectivity index (χ1n) is 5.91. The third-order valence-electron chi connectivity index (χ3n) is 3.74. The molecule has 0 bridgehead atoms. The molecule has 3 rings (SSSR count). The first kappa shape index (κ1) is 11.1. The summed E-state index contributed by atoms with van der Waals surface area (Å²) >= 11 is 0. The third-order valence-corrected chi connectivity index (χ3v) is 3.74. The van der Waals surface area contributed by atoms with E-state index in [0.717, 1.165) is 37.0 Å². The lowest BCUT2D eigenvalue weighted by Gasteiger charge is -2.17. The molecule has 4 heteroatoms. The van der Waals surface area contributed by atoms with Crippen molar-refractivity contribution in [1.82, 2.24) is 4.90 Å². The normalized spacial score (nSPS) is 28.2. The van der Waals surface area contributed by atoms with Crippen LogP contribution >= 0.6 is 0 Å². The fraction of sp³-hybridized carbons (Fsp3) is 0.538. The molecule has 1 aromatic carbocycles. The number of rotatable bonds is 2. The van der Waals surface area contributed by atoms with E-state index in [-0.39, 0.29) is 0 Å². The van der Waals surface area contributed by atoms with Crippen molar-refractivity contribution in [3.05, 3.63) is 35.4 Å². The Morgan fingerprint density at radius 2 is 1.65 bits per heavy atom. The average Bonchev–Trinajstić information content (AvgIpc) is 2.86. The summed E-state index contributed by atoms with van der Waals surface area (Å²) in [5.41, 5.74) is 0.407. The summed E-state index contributed by atoms with van der Waals surface area (Å²) in [5, 5.41) is 0. The predicted octanol–water partition coefficient (Wildman–Crippen LogP) is 3.16. The second-order valence-electron chi connectivity index (χ2n) is 5.14. The molecule has 0 N–H and O–H groups in total. The van der Waals surface area contributed by atoms with Crippen molar-refractivity contribution in [1.29, 1.82) is 0 Å². The van der Waals surface area contributed by atoms with E-state index in [9.17, 15) is 13.2 Å². The number of piperidine rings is 1. The van der Waals surface area contributed by atoms with Gasteiger partial charge in [-0.1, -0.05) is 12.1 Å². The topological polar surface area (TPSA) is 3.24 Å². The largest absolute Gasteiger partial charge is 0.416 e. The maximum Gasteiger partial charge on any atom is 0.416 e. The summed E-state index contributed by atoms with van der Waals surface area (Å²) in [6.07, 6.45) is -2.88. The Kier molecular flexibility index (Phi) is 2.43. The summed E-state index contributed by atoms with van der Waals surface area (Å²) < 4.78 is 37.1. The first-order chi connectivity index (χ1) is 8.02. The highest BCUT2D eigenvalue weighted by Gasteiger charge is 2.44. The molecule has 1 aliphatic heterocycles. The Bertz CT molecular complexity index is 400. The van der Waals surface area contributed by atoms with Gasteiger partial charge >= 0.3 is 6.18 Å². The molecule has 1 aromatic rings. The van der Waals surface area contributed by atoms with Crippen molar-refractivity contribution in [2.24, 2.45) is 11.8 Å². The number of halogens is 3. The van der Waals surface area contributed by atoms with Crippen LogP contribution in [0.2, 0.25) is 0 Å². The van der Waals surface area contributed by atoms with Gasteiger partial charge in [-0.2, -0.15) is 13.2 Å². The minimum atomic E-state index is -4.23. The van der Waals surface area contributed by atoms with E-state index in [0.29, 0.717) is 0 Å². The van der Waals surface area contributed by atoms with E-state index in [1.54, 1.807) is 12.1 Å². The smallest absolute Gasteiger partial charge is 0.299 e. The van der Waals surface area contributed by atoms with Gasteiger partial charge in [0.1, 0.15) is 0 Å². The fourth-order valence-corrected chi connectivity index (χ4v) is 2.68. The SMILES string of the molecule is FC(F)(F)c1ccc(CN2CC3C[C@H]3C2)cc1. The van der Waals surface area contributed by atoms with E-state index in [4.69, 9.17) is 0 Å². The zero-order valence-electron chi connectivity index (χ0n) is 9.37. The first-order valence-corrected chi connectivity index (χ1v) is 5.91. The van der Waals surface area contributed by atoms with Gasteiger partial charge in [0.25, 0.3) is 0 Å². The van der Waals surface area contributed by atoms with Crippen LogP contribution in [-0.2, 0) is 12.7 Å². The van der Waals surface area contributed by atoms with Crippen molar-refractivity contribution >= 4 is 0 Å². The van der Waals surface area contributed by atoms with Gasteiger partial charge in [0, 0.05) is 19.6 Å². The molecule has 2 atom stereocenters. The van der Waals surface area contributed by atoms with Crippen LogP contribution < -0.4 is 0 Å². The monoisotopic (exact) mass is 241 g/mol. The van der Waals surface area contributed by atoms with Crippen LogP contribution in [0.15, 0.2) is 24.3 Å². The van der Waals surface area contributed by atoms with Gasteiger partial charge in [-0.05, 0) is 36.0 Å². The van der Waals surface area contributed by atoms with Gasteiger partial charge in [-0.3, -0.25) is 4.90 Å². The van der Waals surface area contributed by atoms with E-state index in [1.807, 2.05) is 0 Å². The van der Waals surface area contributed by atoms with E-state index in [1.165, 1.54) is 18.6 Å². The van der Waals surface area contributed by atoms with Crippen LogP contribution in [-0.4, -0.2) is 18.0 Å². The molecule has 0 aromatic heterocycles. The van der Waals surface area contributed by atoms with E-state index >= 15 is 0 Å². The number of benzene rings is 1. The second kappa shape index (κ2) is 3.73. The Morgan fingerprint density at radius 3 is 2.18 bits per heavy atom. The van der Waals surface area contributed by atoms with Crippen LogP contribution in [0.1, 0.15) is 17.5 Å². The molecule has 2 aliphatic rings. The van der Waals surface area contributed by atoms with Crippen LogP contribution in [0.3, 0.4) is 0 Å². The Balaban J connectivity index is 1.64. The van der Waals surface area contributed by atoms with Crippen molar-refractivity contribution in [2.75, 3.05) is 13.1 Å². The highest BCUT2D eigenvalue weighted by molar-refractivity contribution is 5.24. The number of fused-ring (bicyclic) bond motifs is 1. The molecule has 1 saturated heterocycles. The lowest BCUT2D eigenvalue weighted by Crippen LogP contribution is -2.22. The third kappa shape index (κ3) is 2.32. The molecule has 0 spiro atoms. The molecule has 1 unspecified atom stereocenters. The zero-order chi connectivity index (χ0) is 12.0. The summed E-state index contributed by atoms with van der Waals surface area (Å²) in [6.45, 7) is 3.02. The molecule has 0 amide bonds. The Hall–Kier alpha value is -1.03. The second-order valence-corrected chi connectivity index (χ2v) is 5.14. The number of hydrogen-bond donors (Lipinski definition) is 0. The predicted molar refractivity (Wildman–Crippen MR) is 58.3 cm³/mol. The number of likely N-dealkylation sites (tertiary alicyclic amines) is 1. The van der Waals surface area contributed by atoms with Gasteiger partial charge in [0.15, 0.2) is 0 Å². The minimum Gasteiger partial charge on any atom is -0.299 e. The molecule has 1 nitrogen and oxygen atoms in total. The molecule has 17 heavy (non-hydrogen) atoms. The highest BCUT2D eigenvalue weighted by atomic mass is 19.4. The Labute approximate surface area is 98.2 Å². The molecule has 1 heterocycles. The number of hydrogen-bond acceptors (Lipinski definition) is 1. The van der Waals surface area contributed by atoms with Crippen LogP contribution in [0.5, 0.6) is 0 Å². The lowest BCUT2D eigenvalue weighted by molar-refractivity contribution is -0.137. The number of nitrogens with zero attached hydrogens (tertiary/aromatic N) is 1. The van der Waals surface area contributed by atoms with Crippen LogP contribution in [0.4, 0.5) is 13.2 Å². The summed E-state index contributed by atoms with van der Waals surface area (Å²) in [6, 6.07) is 5.53. The van der Waals surface area contributed by atoms with E-state index < -0.39 is 11.7 Å². The summed E-state index contributed by atoms with van der Waals surface area (Å²) in [5.74, 6) is 1.73. The molecule has 92 valence electrons. The summed E-state index contributed by atoms with van der Waals surface area (Å²) in [7, 11) is 0. The lowest BCUT2D eigenvalue weighted by atomic mass is 10.1. The van der Waals surface area contributed by atoms with Gasteiger partial charge < -0.3 is 0 Å². The van der Waals surface area contributed by atoms with Gasteiger partial charge in [0.2, 0.25) is 0 Å². The standard InChI is InChI=1S/C13H14F3N/c14-13(15,16)12-3-1-9(2-4-12)6-17-7-10-5-11(10)8-17/h1-4,10-11H,5-8H2/t10-,11?/m0/s1. The molecule has 0 radical (unpaired) electrons. The molecular weight excluding hydrogens is 227 g/mol. The van der Waals surface area contributed by atoms with Crippen molar-refractivity contribution in [3.8, 4) is 0 Å².